The van der Waals surface area contributed by atoms with Crippen LogP contribution < -0.4 is 10.1 Å². The molecule has 0 spiro atoms. The van der Waals surface area contributed by atoms with E-state index in [4.69, 9.17) is 0 Å². The maximum Gasteiger partial charge on any atom is 0.234 e. The lowest BCUT2D eigenvalue weighted by Gasteiger charge is -2.35. The Morgan fingerprint density at radius 1 is 1.19 bits per heavy atom. The number of nitrogens with one attached hydrogen (secondary N) is 1. The Bertz CT molecular complexity index is 368. The number of hydrogen-bond donors (Lipinski definition) is 1. The van der Waals surface area contributed by atoms with Crippen molar-refractivity contribution >= 4 is 19.8 Å². The lowest BCUT2D eigenvalue weighted by Crippen LogP contribution is -2.56. The van der Waals surface area contributed by atoms with Gasteiger partial charge in [-0.2, -0.15) is 0 Å². The summed E-state index contributed by atoms with van der Waals surface area (Å²) in [5.74, 6) is -0.0250. The molecule has 1 amide bonds. The van der Waals surface area contributed by atoms with Crippen molar-refractivity contribution < 1.29 is 4.79 Å². The van der Waals surface area contributed by atoms with Crippen LogP contribution in [0.4, 0.5) is 5.69 Å². The Labute approximate surface area is 98.5 Å². The van der Waals surface area contributed by atoms with Crippen molar-refractivity contribution in [1.29, 1.82) is 0 Å². The maximum absolute atomic E-state index is 11.2. The molecule has 0 heterocycles. The smallest absolute Gasteiger partial charge is 0.234 e. The molecule has 0 aliphatic heterocycles. The summed E-state index contributed by atoms with van der Waals surface area (Å²) in [6.07, 6.45) is 0. The van der Waals surface area contributed by atoms with E-state index in [-0.39, 0.29) is 5.91 Å². The van der Waals surface area contributed by atoms with Crippen molar-refractivity contribution in [3.05, 3.63) is 29.8 Å². The molecule has 0 fully saturated rings. The molecular formula is C12H20N2OSi. The van der Waals surface area contributed by atoms with Gasteiger partial charge in [0.2, 0.25) is 5.91 Å². The summed E-state index contributed by atoms with van der Waals surface area (Å²) in [5.41, 5.74) is 5.19. The van der Waals surface area contributed by atoms with Crippen molar-refractivity contribution in [3.63, 3.8) is 0 Å². The van der Waals surface area contributed by atoms with E-state index in [0.717, 1.165) is 5.69 Å². The van der Waals surface area contributed by atoms with Crippen LogP contribution in [0.5, 0.6) is 0 Å². The SMILES string of the molecule is CC(=O)NN(c1ccc(C)cc1)[Si](C)(C)C. The fourth-order valence-electron chi connectivity index (χ4n) is 1.47. The van der Waals surface area contributed by atoms with Crippen LogP contribution in [-0.4, -0.2) is 14.1 Å². The zero-order chi connectivity index (χ0) is 12.3. The van der Waals surface area contributed by atoms with Crippen LogP contribution in [0, 0.1) is 6.92 Å². The van der Waals surface area contributed by atoms with Crippen molar-refractivity contribution in [2.45, 2.75) is 33.5 Å². The van der Waals surface area contributed by atoms with Crippen molar-refractivity contribution in [3.8, 4) is 0 Å². The molecule has 0 saturated heterocycles. The number of carbonyl (C=O) groups excluding carboxylic acids is 1. The van der Waals surface area contributed by atoms with Crippen LogP contribution in [0.3, 0.4) is 0 Å². The first-order valence-electron chi connectivity index (χ1n) is 5.45. The van der Waals surface area contributed by atoms with Crippen LogP contribution >= 0.6 is 0 Å². The number of hydrazine groups is 1. The third-order valence-corrected chi connectivity index (χ3v) is 3.94. The summed E-state index contributed by atoms with van der Waals surface area (Å²) in [5, 5.41) is 0. The number of aryl methyl sites for hydroxylation is 1. The van der Waals surface area contributed by atoms with Gasteiger partial charge in [0.15, 0.2) is 8.24 Å². The molecule has 1 N–H and O–H groups in total. The predicted molar refractivity (Wildman–Crippen MR) is 70.8 cm³/mol. The second-order valence-electron chi connectivity index (χ2n) is 5.01. The van der Waals surface area contributed by atoms with Crippen LogP contribution in [0.15, 0.2) is 24.3 Å². The second-order valence-corrected chi connectivity index (χ2v) is 9.80. The molecular weight excluding hydrogens is 216 g/mol. The van der Waals surface area contributed by atoms with Crippen LogP contribution in [0.2, 0.25) is 19.6 Å². The predicted octanol–water partition coefficient (Wildman–Crippen LogP) is 2.69. The molecule has 0 atom stereocenters. The minimum Gasteiger partial charge on any atom is -0.315 e. The van der Waals surface area contributed by atoms with E-state index in [1.807, 2.05) is 16.8 Å². The molecule has 16 heavy (non-hydrogen) atoms. The van der Waals surface area contributed by atoms with E-state index in [2.05, 4.69) is 44.1 Å². The minimum absolute atomic E-state index is 0.0250. The van der Waals surface area contributed by atoms with E-state index in [1.165, 1.54) is 5.56 Å². The van der Waals surface area contributed by atoms with Crippen molar-refractivity contribution in [1.82, 2.24) is 5.43 Å². The van der Waals surface area contributed by atoms with Crippen molar-refractivity contribution in [2.24, 2.45) is 0 Å². The molecule has 1 rings (SSSR count). The van der Waals surface area contributed by atoms with Crippen LogP contribution in [0.25, 0.3) is 0 Å². The molecule has 0 saturated carbocycles. The third-order valence-electron chi connectivity index (χ3n) is 2.23. The molecule has 1 aromatic carbocycles. The van der Waals surface area contributed by atoms with E-state index in [9.17, 15) is 4.79 Å². The largest absolute Gasteiger partial charge is 0.315 e. The molecule has 3 nitrogen and oxygen atoms in total. The lowest BCUT2D eigenvalue weighted by atomic mass is 10.2. The van der Waals surface area contributed by atoms with Gasteiger partial charge in [-0.3, -0.25) is 10.2 Å². The van der Waals surface area contributed by atoms with Gasteiger partial charge in [-0.05, 0) is 38.7 Å². The summed E-state index contributed by atoms with van der Waals surface area (Å²) >= 11 is 0. The number of rotatable bonds is 3. The molecule has 1 aromatic rings. The second kappa shape index (κ2) is 4.70. The lowest BCUT2D eigenvalue weighted by molar-refractivity contribution is -0.118. The van der Waals surface area contributed by atoms with Gasteiger partial charge in [-0.15, -0.1) is 0 Å². The van der Waals surface area contributed by atoms with Gasteiger partial charge >= 0.3 is 0 Å². The highest BCUT2D eigenvalue weighted by Gasteiger charge is 2.25. The average molecular weight is 236 g/mol. The first-order chi connectivity index (χ1) is 7.30. The third kappa shape index (κ3) is 3.38. The number of benzene rings is 1. The van der Waals surface area contributed by atoms with Gasteiger partial charge in [-0.1, -0.05) is 17.7 Å². The Hall–Kier alpha value is -1.29. The highest BCUT2D eigenvalue weighted by molar-refractivity contribution is 6.79. The quantitative estimate of drug-likeness (QED) is 0.646. The molecule has 0 aromatic heterocycles. The first kappa shape index (κ1) is 12.8. The summed E-state index contributed by atoms with van der Waals surface area (Å²) in [6.45, 7) is 10.2. The van der Waals surface area contributed by atoms with Crippen LogP contribution in [-0.2, 0) is 4.79 Å². The molecule has 0 aliphatic rings. The molecule has 0 radical (unpaired) electrons. The fourth-order valence-corrected chi connectivity index (χ4v) is 2.89. The number of nitrogens with zero attached hydrogens (tertiary/aromatic N) is 1. The highest BCUT2D eigenvalue weighted by Crippen LogP contribution is 2.19. The van der Waals surface area contributed by atoms with Gasteiger partial charge < -0.3 is 4.67 Å². The summed E-state index contributed by atoms with van der Waals surface area (Å²) < 4.78 is 2.02. The topological polar surface area (TPSA) is 32.3 Å². The first-order valence-corrected chi connectivity index (χ1v) is 8.89. The minimum atomic E-state index is -1.61. The number of carbonyl (C=O) groups is 1. The Balaban J connectivity index is 3.01. The monoisotopic (exact) mass is 236 g/mol. The zero-order valence-corrected chi connectivity index (χ0v) is 11.7. The van der Waals surface area contributed by atoms with Crippen molar-refractivity contribution in [2.75, 3.05) is 4.67 Å². The highest BCUT2D eigenvalue weighted by atomic mass is 28.3. The summed E-state index contributed by atoms with van der Waals surface area (Å²) in [4.78, 5) is 11.2. The normalized spacial score (nSPS) is 11.1. The molecule has 4 heteroatoms. The van der Waals surface area contributed by atoms with Gasteiger partial charge in [0.05, 0.1) is 0 Å². The molecule has 0 bridgehead atoms. The zero-order valence-electron chi connectivity index (χ0n) is 10.7. The number of hydrogen-bond acceptors (Lipinski definition) is 2. The average Bonchev–Trinajstić information content (AvgIpc) is 2.14. The van der Waals surface area contributed by atoms with E-state index >= 15 is 0 Å². The van der Waals surface area contributed by atoms with Gasteiger partial charge in [0.25, 0.3) is 0 Å². The Kier molecular flexibility index (Phi) is 3.75. The standard InChI is InChI=1S/C12H20N2OSi/c1-10-6-8-12(9-7-10)14(13-11(2)15)16(3,4)5/h6-9H,1-5H3,(H,13,15). The molecule has 88 valence electrons. The molecule has 0 unspecified atom stereocenters. The van der Waals surface area contributed by atoms with Gasteiger partial charge in [-0.25, -0.2) is 0 Å². The summed E-state index contributed by atoms with van der Waals surface area (Å²) in [7, 11) is -1.61. The Morgan fingerprint density at radius 3 is 2.06 bits per heavy atom. The van der Waals surface area contributed by atoms with Gasteiger partial charge in [0, 0.05) is 12.6 Å². The maximum atomic E-state index is 11.2. The number of anilines is 1. The van der Waals surface area contributed by atoms with E-state index in [0.29, 0.717) is 0 Å². The van der Waals surface area contributed by atoms with Crippen LogP contribution in [0.1, 0.15) is 12.5 Å². The molecule has 0 aliphatic carbocycles. The van der Waals surface area contributed by atoms with E-state index < -0.39 is 8.24 Å². The Morgan fingerprint density at radius 2 is 1.69 bits per heavy atom. The van der Waals surface area contributed by atoms with E-state index in [1.54, 1.807) is 6.92 Å². The summed E-state index contributed by atoms with van der Waals surface area (Å²) in [6, 6.07) is 8.21. The number of amides is 1. The van der Waals surface area contributed by atoms with Gasteiger partial charge in [0.1, 0.15) is 0 Å². The fraction of sp³-hybridized carbons (Fsp3) is 0.417.